The third-order valence-electron chi connectivity index (χ3n) is 2.13. The molecule has 0 radical (unpaired) electrons. The van der Waals surface area contributed by atoms with Gasteiger partial charge in [-0.2, -0.15) is 5.10 Å². The Morgan fingerprint density at radius 1 is 1.53 bits per heavy atom. The van der Waals surface area contributed by atoms with Crippen molar-refractivity contribution in [1.29, 1.82) is 0 Å². The average molecular weight is 239 g/mol. The second-order valence-corrected chi connectivity index (χ2v) is 5.18. The highest BCUT2D eigenvalue weighted by Crippen LogP contribution is 2.09. The third kappa shape index (κ3) is 4.89. The molecule has 0 spiro atoms. The molecule has 0 N–H and O–H groups in total. The van der Waals surface area contributed by atoms with Crippen molar-refractivity contribution in [1.82, 2.24) is 14.7 Å². The molecule has 1 amide bonds. The fourth-order valence-corrected chi connectivity index (χ4v) is 1.27. The maximum Gasteiger partial charge on any atom is 0.410 e. The number of hydrogen-bond donors (Lipinski definition) is 0. The third-order valence-corrected chi connectivity index (χ3v) is 2.13. The van der Waals surface area contributed by atoms with Crippen LogP contribution in [-0.4, -0.2) is 40.0 Å². The fourth-order valence-electron chi connectivity index (χ4n) is 1.27. The molecule has 5 heteroatoms. The topological polar surface area (TPSA) is 47.4 Å². The Kier molecular flexibility index (Phi) is 4.15. The first kappa shape index (κ1) is 13.5. The SMILES string of the molecule is Cc1cnn(CCN(C)C(=O)OC(C)(C)C)c1. The fraction of sp³-hybridized carbons (Fsp3) is 0.667. The van der Waals surface area contributed by atoms with E-state index < -0.39 is 5.60 Å². The standard InChI is InChI=1S/C12H21N3O2/c1-10-8-13-15(9-10)7-6-14(5)11(16)17-12(2,3)4/h8-9H,6-7H2,1-5H3. The minimum Gasteiger partial charge on any atom is -0.444 e. The van der Waals surface area contributed by atoms with Crippen LogP contribution < -0.4 is 0 Å². The summed E-state index contributed by atoms with van der Waals surface area (Å²) < 4.78 is 7.07. The van der Waals surface area contributed by atoms with Crippen molar-refractivity contribution in [2.75, 3.05) is 13.6 Å². The Morgan fingerprint density at radius 2 is 2.18 bits per heavy atom. The lowest BCUT2D eigenvalue weighted by Gasteiger charge is -2.24. The van der Waals surface area contributed by atoms with Gasteiger partial charge in [-0.15, -0.1) is 0 Å². The van der Waals surface area contributed by atoms with Crippen LogP contribution in [0.25, 0.3) is 0 Å². The van der Waals surface area contributed by atoms with Gasteiger partial charge in [-0.1, -0.05) is 0 Å². The van der Waals surface area contributed by atoms with Gasteiger partial charge in [0.25, 0.3) is 0 Å². The number of nitrogens with zero attached hydrogens (tertiary/aromatic N) is 3. The van der Waals surface area contributed by atoms with Crippen LogP contribution >= 0.6 is 0 Å². The van der Waals surface area contributed by atoms with E-state index in [2.05, 4.69) is 5.10 Å². The van der Waals surface area contributed by atoms with Crippen molar-refractivity contribution in [3.63, 3.8) is 0 Å². The van der Waals surface area contributed by atoms with E-state index >= 15 is 0 Å². The Morgan fingerprint density at radius 3 is 2.65 bits per heavy atom. The monoisotopic (exact) mass is 239 g/mol. The van der Waals surface area contributed by atoms with Crippen molar-refractivity contribution < 1.29 is 9.53 Å². The number of likely N-dealkylation sites (N-methyl/N-ethyl adjacent to an activating group) is 1. The molecule has 0 unspecified atom stereocenters. The largest absolute Gasteiger partial charge is 0.444 e. The highest BCUT2D eigenvalue weighted by molar-refractivity contribution is 5.67. The van der Waals surface area contributed by atoms with E-state index in [4.69, 9.17) is 4.74 Å². The molecule has 17 heavy (non-hydrogen) atoms. The van der Waals surface area contributed by atoms with Crippen LogP contribution in [0.1, 0.15) is 26.3 Å². The predicted molar refractivity (Wildman–Crippen MR) is 65.8 cm³/mol. The lowest BCUT2D eigenvalue weighted by molar-refractivity contribution is 0.0292. The van der Waals surface area contributed by atoms with Gasteiger partial charge in [-0.3, -0.25) is 4.68 Å². The zero-order valence-electron chi connectivity index (χ0n) is 11.2. The van der Waals surface area contributed by atoms with Crippen LogP contribution in [0.15, 0.2) is 12.4 Å². The minimum absolute atomic E-state index is 0.304. The molecule has 1 rings (SSSR count). The second-order valence-electron chi connectivity index (χ2n) is 5.18. The Balaban J connectivity index is 2.39. The molecule has 0 saturated carbocycles. The van der Waals surface area contributed by atoms with Crippen molar-refractivity contribution in [3.05, 3.63) is 18.0 Å². The lowest BCUT2D eigenvalue weighted by atomic mass is 10.2. The van der Waals surface area contributed by atoms with Crippen LogP contribution in [0.2, 0.25) is 0 Å². The maximum atomic E-state index is 11.7. The van der Waals surface area contributed by atoms with Crippen molar-refractivity contribution in [2.45, 2.75) is 39.8 Å². The molecule has 0 aliphatic carbocycles. The molecule has 0 aliphatic heterocycles. The zero-order chi connectivity index (χ0) is 13.1. The number of ether oxygens (including phenoxy) is 1. The molecule has 0 atom stereocenters. The van der Waals surface area contributed by atoms with Gasteiger partial charge < -0.3 is 9.64 Å². The molecule has 1 heterocycles. The van der Waals surface area contributed by atoms with E-state index in [-0.39, 0.29) is 6.09 Å². The minimum atomic E-state index is -0.451. The van der Waals surface area contributed by atoms with Crippen molar-refractivity contribution in [2.24, 2.45) is 0 Å². The number of carbonyl (C=O) groups excluding carboxylic acids is 1. The number of aromatic nitrogens is 2. The first-order valence-electron chi connectivity index (χ1n) is 5.71. The number of aryl methyl sites for hydroxylation is 1. The molecule has 0 fully saturated rings. The van der Waals surface area contributed by atoms with Gasteiger partial charge in [0, 0.05) is 19.8 Å². The second kappa shape index (κ2) is 5.21. The highest BCUT2D eigenvalue weighted by Gasteiger charge is 2.19. The summed E-state index contributed by atoms with van der Waals surface area (Å²) in [6.07, 6.45) is 3.44. The van der Waals surface area contributed by atoms with Crippen LogP contribution in [0, 0.1) is 6.92 Å². The van der Waals surface area contributed by atoms with Gasteiger partial charge in [0.15, 0.2) is 0 Å². The number of hydrogen-bond acceptors (Lipinski definition) is 3. The van der Waals surface area contributed by atoms with E-state index in [0.29, 0.717) is 13.1 Å². The summed E-state index contributed by atoms with van der Waals surface area (Å²) in [6, 6.07) is 0. The lowest BCUT2D eigenvalue weighted by Crippen LogP contribution is -2.36. The first-order valence-corrected chi connectivity index (χ1v) is 5.71. The molecule has 0 aromatic carbocycles. The molecule has 96 valence electrons. The molecule has 0 aliphatic rings. The predicted octanol–water partition coefficient (Wildman–Crippen LogP) is 2.06. The summed E-state index contributed by atoms with van der Waals surface area (Å²) in [5.74, 6) is 0. The van der Waals surface area contributed by atoms with Gasteiger partial charge in [0.2, 0.25) is 0 Å². The maximum absolute atomic E-state index is 11.7. The Labute approximate surface area is 102 Å². The van der Waals surface area contributed by atoms with Gasteiger partial charge >= 0.3 is 6.09 Å². The summed E-state index contributed by atoms with van der Waals surface area (Å²) in [7, 11) is 1.73. The molecule has 0 saturated heterocycles. The Bertz CT molecular complexity index is 379. The van der Waals surface area contributed by atoms with Gasteiger partial charge in [-0.25, -0.2) is 4.79 Å². The first-order chi connectivity index (χ1) is 7.78. The van der Waals surface area contributed by atoms with Crippen LogP contribution in [0.3, 0.4) is 0 Å². The number of carbonyl (C=O) groups is 1. The van der Waals surface area contributed by atoms with E-state index in [0.717, 1.165) is 5.56 Å². The molecule has 5 nitrogen and oxygen atoms in total. The van der Waals surface area contributed by atoms with Crippen molar-refractivity contribution in [3.8, 4) is 0 Å². The summed E-state index contributed by atoms with van der Waals surface area (Å²) >= 11 is 0. The van der Waals surface area contributed by atoms with E-state index in [1.807, 2.05) is 38.6 Å². The number of amides is 1. The number of rotatable bonds is 3. The summed E-state index contributed by atoms with van der Waals surface area (Å²) in [5, 5.41) is 4.16. The van der Waals surface area contributed by atoms with E-state index in [1.54, 1.807) is 18.1 Å². The Hall–Kier alpha value is -1.52. The van der Waals surface area contributed by atoms with Gasteiger partial charge in [0.1, 0.15) is 5.60 Å². The molecular formula is C12H21N3O2. The summed E-state index contributed by atoms with van der Waals surface area (Å²) in [4.78, 5) is 13.2. The van der Waals surface area contributed by atoms with Crippen LogP contribution in [0.4, 0.5) is 4.79 Å². The molecule has 1 aromatic rings. The average Bonchev–Trinajstić information content (AvgIpc) is 2.58. The smallest absolute Gasteiger partial charge is 0.410 e. The van der Waals surface area contributed by atoms with Gasteiger partial charge in [0.05, 0.1) is 12.7 Å². The molecular weight excluding hydrogens is 218 g/mol. The molecule has 1 aromatic heterocycles. The van der Waals surface area contributed by atoms with Crippen LogP contribution in [-0.2, 0) is 11.3 Å². The quantitative estimate of drug-likeness (QED) is 0.811. The van der Waals surface area contributed by atoms with Crippen LogP contribution in [0.5, 0.6) is 0 Å². The highest BCUT2D eigenvalue weighted by atomic mass is 16.6. The van der Waals surface area contributed by atoms with E-state index in [9.17, 15) is 4.79 Å². The molecule has 0 bridgehead atoms. The summed E-state index contributed by atoms with van der Waals surface area (Å²) in [6.45, 7) is 8.81. The van der Waals surface area contributed by atoms with Gasteiger partial charge in [-0.05, 0) is 33.3 Å². The normalized spacial score (nSPS) is 11.4. The summed E-state index contributed by atoms with van der Waals surface area (Å²) in [5.41, 5.74) is 0.665. The van der Waals surface area contributed by atoms with E-state index in [1.165, 1.54) is 0 Å². The van der Waals surface area contributed by atoms with Crippen molar-refractivity contribution >= 4 is 6.09 Å². The zero-order valence-corrected chi connectivity index (χ0v) is 11.2.